The number of unbranched alkanes of at least 4 members (excludes halogenated alkanes) is 2. The Hall–Kier alpha value is -0.860. The maximum atomic E-state index is 11.1. The number of hydrogen-bond donors (Lipinski definition) is 0. The van der Waals surface area contributed by atoms with Crippen molar-refractivity contribution < 1.29 is 9.59 Å². The van der Waals surface area contributed by atoms with E-state index in [1.54, 1.807) is 0 Å². The summed E-state index contributed by atoms with van der Waals surface area (Å²) in [5.74, 6) is 0.519. The minimum absolute atomic E-state index is 0.129. The lowest BCUT2D eigenvalue weighted by atomic mass is 10.0. The molecule has 1 aromatic carbocycles. The smallest absolute Gasteiger partial charge is 0.147 e. The molecule has 4 heteroatoms. The van der Waals surface area contributed by atoms with Gasteiger partial charge in [-0.2, -0.15) is 0 Å². The van der Waals surface area contributed by atoms with Gasteiger partial charge in [-0.05, 0) is 49.7 Å². The topological polar surface area (TPSA) is 34.1 Å². The summed E-state index contributed by atoms with van der Waals surface area (Å²) in [4.78, 5) is 22.2. The molecule has 22 heavy (non-hydrogen) atoms. The first-order chi connectivity index (χ1) is 10.7. The summed E-state index contributed by atoms with van der Waals surface area (Å²) in [7, 11) is 0. The summed E-state index contributed by atoms with van der Waals surface area (Å²) >= 11 is 10.9. The molecule has 0 N–H and O–H groups in total. The van der Waals surface area contributed by atoms with E-state index in [9.17, 15) is 9.59 Å². The van der Waals surface area contributed by atoms with Crippen molar-refractivity contribution in [3.05, 3.63) is 35.4 Å². The van der Waals surface area contributed by atoms with E-state index in [0.29, 0.717) is 12.8 Å². The second kappa shape index (κ2) is 11.7. The van der Waals surface area contributed by atoms with Gasteiger partial charge in [0.2, 0.25) is 0 Å². The molecule has 0 saturated carbocycles. The quantitative estimate of drug-likeness (QED) is 0.406. The SMILES string of the molecule is O=C(CCl)CCCCc1ccc(CCCCC(=O)CCl)cc1. The van der Waals surface area contributed by atoms with Crippen molar-refractivity contribution in [2.24, 2.45) is 0 Å². The Bertz CT molecular complexity index is 412. The van der Waals surface area contributed by atoms with E-state index in [-0.39, 0.29) is 23.3 Å². The summed E-state index contributed by atoms with van der Waals surface area (Å²) in [5, 5.41) is 0. The van der Waals surface area contributed by atoms with Gasteiger partial charge in [0, 0.05) is 12.8 Å². The number of aryl methyl sites for hydroxylation is 2. The summed E-state index contributed by atoms with van der Waals surface area (Å²) in [6, 6.07) is 8.62. The number of rotatable bonds is 12. The lowest BCUT2D eigenvalue weighted by molar-refractivity contribution is -0.117. The number of alkyl halides is 2. The van der Waals surface area contributed by atoms with Crippen molar-refractivity contribution >= 4 is 34.8 Å². The third kappa shape index (κ3) is 8.55. The van der Waals surface area contributed by atoms with Gasteiger partial charge >= 0.3 is 0 Å². The normalized spacial score (nSPS) is 10.6. The highest BCUT2D eigenvalue weighted by atomic mass is 35.5. The van der Waals surface area contributed by atoms with Gasteiger partial charge in [-0.1, -0.05) is 24.3 Å². The number of benzene rings is 1. The Balaban J connectivity index is 2.19. The fourth-order valence-corrected chi connectivity index (χ4v) is 2.58. The maximum absolute atomic E-state index is 11.1. The lowest BCUT2D eigenvalue weighted by Gasteiger charge is -2.04. The molecule has 1 rings (SSSR count). The number of carbonyl (C=O) groups is 2. The first-order valence-electron chi connectivity index (χ1n) is 7.89. The molecule has 0 unspecified atom stereocenters. The van der Waals surface area contributed by atoms with Gasteiger partial charge in [0.05, 0.1) is 11.8 Å². The average molecular weight is 343 g/mol. The molecule has 0 fully saturated rings. The average Bonchev–Trinajstić information content (AvgIpc) is 2.56. The second-order valence-corrected chi connectivity index (χ2v) is 6.11. The van der Waals surface area contributed by atoms with Gasteiger partial charge in [-0.25, -0.2) is 0 Å². The Labute approximate surface area is 143 Å². The van der Waals surface area contributed by atoms with Crippen molar-refractivity contribution in [1.29, 1.82) is 0 Å². The van der Waals surface area contributed by atoms with Crippen molar-refractivity contribution in [1.82, 2.24) is 0 Å². The van der Waals surface area contributed by atoms with Gasteiger partial charge in [0.25, 0.3) is 0 Å². The number of Topliss-reactive ketones (excluding diaryl/α,β-unsaturated/α-hetero) is 2. The molecule has 0 aromatic heterocycles. The number of ketones is 2. The van der Waals surface area contributed by atoms with Crippen LogP contribution in [0.25, 0.3) is 0 Å². The monoisotopic (exact) mass is 342 g/mol. The molecule has 122 valence electrons. The van der Waals surface area contributed by atoms with E-state index in [1.165, 1.54) is 11.1 Å². The van der Waals surface area contributed by atoms with E-state index < -0.39 is 0 Å². The van der Waals surface area contributed by atoms with Crippen LogP contribution in [0.2, 0.25) is 0 Å². The highest BCUT2D eigenvalue weighted by Crippen LogP contribution is 2.12. The molecule has 0 spiro atoms. The molecule has 0 bridgehead atoms. The summed E-state index contributed by atoms with van der Waals surface area (Å²) < 4.78 is 0. The van der Waals surface area contributed by atoms with Crippen molar-refractivity contribution in [3.8, 4) is 0 Å². The Morgan fingerprint density at radius 3 is 1.36 bits per heavy atom. The van der Waals surface area contributed by atoms with Crippen LogP contribution in [-0.4, -0.2) is 23.3 Å². The second-order valence-electron chi connectivity index (χ2n) is 5.58. The fourth-order valence-electron chi connectivity index (χ4n) is 2.31. The van der Waals surface area contributed by atoms with Crippen LogP contribution in [0.1, 0.15) is 49.7 Å². The van der Waals surface area contributed by atoms with Crippen LogP contribution < -0.4 is 0 Å². The number of halogens is 2. The lowest BCUT2D eigenvalue weighted by Crippen LogP contribution is -1.99. The largest absolute Gasteiger partial charge is 0.298 e. The zero-order valence-electron chi connectivity index (χ0n) is 13.0. The molecule has 0 heterocycles. The third-order valence-corrected chi connectivity index (χ3v) is 4.26. The van der Waals surface area contributed by atoms with E-state index >= 15 is 0 Å². The van der Waals surface area contributed by atoms with Gasteiger partial charge in [0.1, 0.15) is 11.6 Å². The summed E-state index contributed by atoms with van der Waals surface area (Å²) in [6.07, 6.45) is 7.01. The van der Waals surface area contributed by atoms with Gasteiger partial charge in [-0.3, -0.25) is 9.59 Å². The van der Waals surface area contributed by atoms with Crippen LogP contribution in [0.15, 0.2) is 24.3 Å². The predicted molar refractivity (Wildman–Crippen MR) is 93.0 cm³/mol. The minimum Gasteiger partial charge on any atom is -0.298 e. The maximum Gasteiger partial charge on any atom is 0.147 e. The standard InChI is InChI=1S/C18H24Cl2O2/c19-13-17(21)7-3-1-5-15-9-11-16(12-10-15)6-2-4-8-18(22)14-20/h9-12H,1-8,13-14H2. The van der Waals surface area contributed by atoms with Crippen LogP contribution in [0.3, 0.4) is 0 Å². The molecule has 0 aliphatic heterocycles. The summed E-state index contributed by atoms with van der Waals surface area (Å²) in [5.41, 5.74) is 2.61. The molecular formula is C18H24Cl2O2. The van der Waals surface area contributed by atoms with Crippen molar-refractivity contribution in [2.45, 2.75) is 51.4 Å². The number of carbonyl (C=O) groups excluding carboxylic acids is 2. The van der Waals surface area contributed by atoms with Gasteiger partial charge in [0.15, 0.2) is 0 Å². The first kappa shape index (κ1) is 19.2. The van der Waals surface area contributed by atoms with E-state index in [4.69, 9.17) is 23.2 Å². The third-order valence-electron chi connectivity index (χ3n) is 3.66. The van der Waals surface area contributed by atoms with Crippen molar-refractivity contribution in [2.75, 3.05) is 11.8 Å². The molecule has 0 radical (unpaired) electrons. The molecule has 0 atom stereocenters. The van der Waals surface area contributed by atoms with E-state index in [0.717, 1.165) is 38.5 Å². The predicted octanol–water partition coefficient (Wildman–Crippen LogP) is 4.73. The molecule has 0 aliphatic rings. The van der Waals surface area contributed by atoms with Crippen LogP contribution in [0.4, 0.5) is 0 Å². The molecule has 2 nitrogen and oxygen atoms in total. The van der Waals surface area contributed by atoms with Gasteiger partial charge in [-0.15, -0.1) is 23.2 Å². The molecular weight excluding hydrogens is 319 g/mol. The van der Waals surface area contributed by atoms with E-state index in [2.05, 4.69) is 24.3 Å². The Morgan fingerprint density at radius 2 is 1.05 bits per heavy atom. The molecule has 0 amide bonds. The summed E-state index contributed by atoms with van der Waals surface area (Å²) in [6.45, 7) is 0. The van der Waals surface area contributed by atoms with Crippen molar-refractivity contribution in [3.63, 3.8) is 0 Å². The Kier molecular flexibility index (Phi) is 10.2. The molecule has 0 aliphatic carbocycles. The van der Waals surface area contributed by atoms with Crippen LogP contribution in [0, 0.1) is 0 Å². The van der Waals surface area contributed by atoms with E-state index in [1.807, 2.05) is 0 Å². The molecule has 1 aromatic rings. The zero-order valence-corrected chi connectivity index (χ0v) is 14.5. The molecule has 0 saturated heterocycles. The zero-order chi connectivity index (χ0) is 16.2. The minimum atomic E-state index is 0.129. The van der Waals surface area contributed by atoms with Crippen LogP contribution in [-0.2, 0) is 22.4 Å². The van der Waals surface area contributed by atoms with Crippen LogP contribution in [0.5, 0.6) is 0 Å². The Morgan fingerprint density at radius 1 is 0.682 bits per heavy atom. The fraction of sp³-hybridized carbons (Fsp3) is 0.556. The van der Waals surface area contributed by atoms with Crippen LogP contribution >= 0.6 is 23.2 Å². The highest BCUT2D eigenvalue weighted by Gasteiger charge is 2.01. The highest BCUT2D eigenvalue weighted by molar-refractivity contribution is 6.27. The first-order valence-corrected chi connectivity index (χ1v) is 8.95. The number of hydrogen-bond acceptors (Lipinski definition) is 2. The van der Waals surface area contributed by atoms with Gasteiger partial charge < -0.3 is 0 Å².